The highest BCUT2D eigenvalue weighted by atomic mass is 16.6. The lowest BCUT2D eigenvalue weighted by atomic mass is 10.4. The van der Waals surface area contributed by atoms with Crippen molar-refractivity contribution < 1.29 is 9.66 Å². The second-order valence-electron chi connectivity index (χ2n) is 4.84. The van der Waals surface area contributed by atoms with E-state index in [-0.39, 0.29) is 11.5 Å². The lowest BCUT2D eigenvalue weighted by Crippen LogP contribution is -2.25. The van der Waals surface area contributed by atoms with Crippen LogP contribution in [-0.4, -0.2) is 48.7 Å². The second-order valence-corrected chi connectivity index (χ2v) is 4.84. The van der Waals surface area contributed by atoms with Crippen LogP contribution < -0.4 is 10.2 Å². The first-order chi connectivity index (χ1) is 9.63. The van der Waals surface area contributed by atoms with Crippen molar-refractivity contribution >= 4 is 17.3 Å². The van der Waals surface area contributed by atoms with Crippen molar-refractivity contribution in [2.75, 3.05) is 44.1 Å². The van der Waals surface area contributed by atoms with Gasteiger partial charge >= 0.3 is 5.69 Å². The van der Waals surface area contributed by atoms with Gasteiger partial charge in [-0.2, -0.15) is 0 Å². The molecule has 1 aliphatic carbocycles. The summed E-state index contributed by atoms with van der Waals surface area (Å²) in [6.07, 6.45) is 3.81. The molecule has 8 nitrogen and oxygen atoms in total. The number of nitrogens with one attached hydrogen (secondary N) is 1. The van der Waals surface area contributed by atoms with Gasteiger partial charge in [-0.15, -0.1) is 0 Å². The number of likely N-dealkylation sites (N-methyl/N-ethyl adjacent to an activating group) is 1. The van der Waals surface area contributed by atoms with Gasteiger partial charge in [0.25, 0.3) is 0 Å². The first-order valence-electron chi connectivity index (χ1n) is 6.59. The van der Waals surface area contributed by atoms with Crippen LogP contribution in [-0.2, 0) is 4.74 Å². The lowest BCUT2D eigenvalue weighted by molar-refractivity contribution is -0.383. The summed E-state index contributed by atoms with van der Waals surface area (Å²) in [5, 5.41) is 13.9. The summed E-state index contributed by atoms with van der Waals surface area (Å²) < 4.78 is 5.54. The van der Waals surface area contributed by atoms with Crippen LogP contribution in [0.3, 0.4) is 0 Å². The molecule has 1 aromatic rings. The third-order valence-corrected chi connectivity index (χ3v) is 3.21. The predicted molar refractivity (Wildman–Crippen MR) is 75.0 cm³/mol. The third kappa shape index (κ3) is 3.53. The van der Waals surface area contributed by atoms with Gasteiger partial charge in [0.05, 0.1) is 11.5 Å². The molecule has 0 spiro atoms. The Morgan fingerprint density at radius 2 is 2.30 bits per heavy atom. The topological polar surface area (TPSA) is 93.4 Å². The minimum atomic E-state index is -0.470. The number of anilines is 2. The Kier molecular flexibility index (Phi) is 4.67. The van der Waals surface area contributed by atoms with Crippen LogP contribution in [0.2, 0.25) is 0 Å². The highest BCUT2D eigenvalue weighted by molar-refractivity contribution is 5.69. The molecule has 1 fully saturated rings. The highest BCUT2D eigenvalue weighted by Gasteiger charge is 2.25. The normalized spacial score (nSPS) is 14.1. The fourth-order valence-electron chi connectivity index (χ4n) is 1.84. The zero-order chi connectivity index (χ0) is 14.5. The summed E-state index contributed by atoms with van der Waals surface area (Å²) >= 11 is 0. The highest BCUT2D eigenvalue weighted by Crippen LogP contribution is 2.31. The summed E-state index contributed by atoms with van der Waals surface area (Å²) in [6.45, 7) is 1.86. The van der Waals surface area contributed by atoms with Crippen molar-refractivity contribution in [1.29, 1.82) is 0 Å². The molecule has 1 aliphatic rings. The molecule has 0 atom stereocenters. The van der Waals surface area contributed by atoms with E-state index in [2.05, 4.69) is 15.3 Å². The maximum Gasteiger partial charge on any atom is 0.353 e. The van der Waals surface area contributed by atoms with E-state index in [1.165, 1.54) is 19.2 Å². The van der Waals surface area contributed by atoms with Crippen LogP contribution in [0.4, 0.5) is 17.3 Å². The molecule has 0 aromatic carbocycles. The average Bonchev–Trinajstić information content (AvgIpc) is 3.26. The van der Waals surface area contributed by atoms with Crippen LogP contribution in [0, 0.1) is 16.0 Å². The summed E-state index contributed by atoms with van der Waals surface area (Å²) in [5.41, 5.74) is -0.111. The molecule has 0 radical (unpaired) electrons. The lowest BCUT2D eigenvalue weighted by Gasteiger charge is -2.18. The molecule has 0 unspecified atom stereocenters. The minimum absolute atomic E-state index is 0.111. The minimum Gasteiger partial charge on any atom is -0.379 e. The molecule has 0 amide bonds. The van der Waals surface area contributed by atoms with Gasteiger partial charge in [-0.3, -0.25) is 10.1 Å². The van der Waals surface area contributed by atoms with Gasteiger partial charge in [0.15, 0.2) is 0 Å². The molecule has 1 heterocycles. The van der Waals surface area contributed by atoms with Gasteiger partial charge in [0.1, 0.15) is 6.33 Å². The van der Waals surface area contributed by atoms with E-state index in [4.69, 9.17) is 4.74 Å². The van der Waals surface area contributed by atoms with Gasteiger partial charge in [-0.1, -0.05) is 0 Å². The largest absolute Gasteiger partial charge is 0.379 e. The maximum absolute atomic E-state index is 11.2. The molecule has 2 rings (SSSR count). The number of nitro groups is 1. The van der Waals surface area contributed by atoms with Crippen LogP contribution in [0.15, 0.2) is 6.33 Å². The summed E-state index contributed by atoms with van der Waals surface area (Å²) in [7, 11) is 3.35. The molecule has 20 heavy (non-hydrogen) atoms. The smallest absolute Gasteiger partial charge is 0.353 e. The van der Waals surface area contributed by atoms with Crippen molar-refractivity contribution in [2.45, 2.75) is 12.8 Å². The SMILES string of the molecule is CNc1ncnc(N(C)CCOCC2CC2)c1[N+](=O)[O-]. The van der Waals surface area contributed by atoms with Crippen LogP contribution in [0.5, 0.6) is 0 Å². The Balaban J connectivity index is 1.99. The second kappa shape index (κ2) is 6.47. The van der Waals surface area contributed by atoms with E-state index >= 15 is 0 Å². The number of ether oxygens (including phenoxy) is 1. The summed E-state index contributed by atoms with van der Waals surface area (Å²) in [6, 6.07) is 0. The zero-order valence-corrected chi connectivity index (χ0v) is 11.7. The van der Waals surface area contributed by atoms with E-state index in [0.29, 0.717) is 24.9 Å². The zero-order valence-electron chi connectivity index (χ0n) is 11.7. The van der Waals surface area contributed by atoms with Crippen LogP contribution >= 0.6 is 0 Å². The summed E-state index contributed by atoms with van der Waals surface area (Å²) in [4.78, 5) is 20.3. The molecule has 1 saturated carbocycles. The Hall–Kier alpha value is -1.96. The Morgan fingerprint density at radius 3 is 2.90 bits per heavy atom. The number of aromatic nitrogens is 2. The first kappa shape index (κ1) is 14.4. The van der Waals surface area contributed by atoms with Crippen molar-refractivity contribution in [3.05, 3.63) is 16.4 Å². The van der Waals surface area contributed by atoms with Crippen LogP contribution in [0.25, 0.3) is 0 Å². The molecule has 8 heteroatoms. The molecule has 110 valence electrons. The molecule has 0 bridgehead atoms. The number of hydrogen-bond acceptors (Lipinski definition) is 7. The number of rotatable bonds is 8. The quantitative estimate of drug-likeness (QED) is 0.436. The number of nitrogens with zero attached hydrogens (tertiary/aromatic N) is 4. The van der Waals surface area contributed by atoms with Crippen molar-refractivity contribution in [1.82, 2.24) is 9.97 Å². The van der Waals surface area contributed by atoms with Crippen molar-refractivity contribution in [3.63, 3.8) is 0 Å². The van der Waals surface area contributed by atoms with Crippen molar-refractivity contribution in [2.24, 2.45) is 5.92 Å². The van der Waals surface area contributed by atoms with Gasteiger partial charge < -0.3 is 15.0 Å². The molecule has 1 N–H and O–H groups in total. The maximum atomic E-state index is 11.2. The fraction of sp³-hybridized carbons (Fsp3) is 0.667. The number of hydrogen-bond donors (Lipinski definition) is 1. The van der Waals surface area contributed by atoms with Gasteiger partial charge in [-0.05, 0) is 18.8 Å². The molecular weight excluding hydrogens is 262 g/mol. The summed E-state index contributed by atoms with van der Waals surface area (Å²) in [5.74, 6) is 1.22. The molecular formula is C12H19N5O3. The predicted octanol–water partition coefficient (Wildman–Crippen LogP) is 1.29. The van der Waals surface area contributed by atoms with E-state index in [9.17, 15) is 10.1 Å². The first-order valence-corrected chi connectivity index (χ1v) is 6.59. The van der Waals surface area contributed by atoms with E-state index in [0.717, 1.165) is 6.61 Å². The van der Waals surface area contributed by atoms with Crippen molar-refractivity contribution in [3.8, 4) is 0 Å². The van der Waals surface area contributed by atoms with E-state index < -0.39 is 4.92 Å². The monoisotopic (exact) mass is 281 g/mol. The Morgan fingerprint density at radius 1 is 1.55 bits per heavy atom. The molecule has 1 aromatic heterocycles. The average molecular weight is 281 g/mol. The Labute approximate surface area is 117 Å². The standard InChI is InChI=1S/C12H19N5O3/c1-13-11-10(17(18)19)12(15-8-14-11)16(2)5-6-20-7-9-3-4-9/h8-9H,3-7H2,1-2H3,(H,13,14,15). The van der Waals surface area contributed by atoms with Gasteiger partial charge in [0.2, 0.25) is 11.6 Å². The van der Waals surface area contributed by atoms with Gasteiger partial charge in [-0.25, -0.2) is 9.97 Å². The van der Waals surface area contributed by atoms with E-state index in [1.807, 2.05) is 0 Å². The van der Waals surface area contributed by atoms with Crippen LogP contribution in [0.1, 0.15) is 12.8 Å². The third-order valence-electron chi connectivity index (χ3n) is 3.21. The van der Waals surface area contributed by atoms with E-state index in [1.54, 1.807) is 19.0 Å². The Bertz CT molecular complexity index is 478. The molecule has 0 aliphatic heterocycles. The fourth-order valence-corrected chi connectivity index (χ4v) is 1.84. The molecule has 0 saturated heterocycles. The van der Waals surface area contributed by atoms with Gasteiger partial charge in [0, 0.05) is 27.2 Å².